The number of nitrogens with one attached hydrogen (secondary N) is 1. The number of carbonyl (C=O) groups excluding carboxylic acids is 1. The minimum atomic E-state index is -0.201. The number of aryl methyl sites for hydroxylation is 3. The molecule has 0 bridgehead atoms. The van der Waals surface area contributed by atoms with E-state index in [4.69, 9.17) is 0 Å². The zero-order valence-corrected chi connectivity index (χ0v) is 18.4. The fourth-order valence-electron chi connectivity index (χ4n) is 3.35. The van der Waals surface area contributed by atoms with Crippen LogP contribution in [-0.4, -0.2) is 36.1 Å². The summed E-state index contributed by atoms with van der Waals surface area (Å²) in [4.78, 5) is 21.6. The van der Waals surface area contributed by atoms with E-state index in [-0.39, 0.29) is 5.91 Å². The number of carbonyl (C=O) groups is 1. The van der Waals surface area contributed by atoms with Gasteiger partial charge in [0.1, 0.15) is 0 Å². The third-order valence-corrected chi connectivity index (χ3v) is 5.08. The Bertz CT molecular complexity index is 1210. The highest BCUT2D eigenvalue weighted by molar-refractivity contribution is 5.96. The summed E-state index contributed by atoms with van der Waals surface area (Å²) in [7, 11) is 0. The van der Waals surface area contributed by atoms with E-state index in [0.29, 0.717) is 17.8 Å². The van der Waals surface area contributed by atoms with Crippen molar-refractivity contribution in [2.45, 2.75) is 40.2 Å². The maximum Gasteiger partial charge on any atom is 0.251 e. The van der Waals surface area contributed by atoms with Gasteiger partial charge in [-0.25, -0.2) is 0 Å². The summed E-state index contributed by atoms with van der Waals surface area (Å²) in [5, 5.41) is 15.1. The summed E-state index contributed by atoms with van der Waals surface area (Å²) in [6.45, 7) is 6.29. The zero-order chi connectivity index (χ0) is 22.5. The Morgan fingerprint density at radius 1 is 1.00 bits per heavy atom. The molecule has 0 spiro atoms. The predicted octanol–water partition coefficient (Wildman–Crippen LogP) is 3.62. The minimum Gasteiger partial charge on any atom is -0.346 e. The first-order valence-corrected chi connectivity index (χ1v) is 10.6. The van der Waals surface area contributed by atoms with E-state index < -0.39 is 0 Å². The third kappa shape index (κ3) is 4.85. The van der Waals surface area contributed by atoms with E-state index in [0.717, 1.165) is 41.2 Å². The number of hydrogen-bond acceptors (Lipinski definition) is 6. The molecule has 0 saturated carbocycles. The minimum absolute atomic E-state index is 0.201. The first-order chi connectivity index (χ1) is 15.5. The highest BCUT2D eigenvalue weighted by Crippen LogP contribution is 2.25. The molecule has 0 aliphatic heterocycles. The second kappa shape index (κ2) is 9.47. The molecule has 0 radical (unpaired) electrons. The smallest absolute Gasteiger partial charge is 0.251 e. The molecular weight excluding hydrogens is 402 g/mol. The van der Waals surface area contributed by atoms with E-state index in [1.807, 2.05) is 44.2 Å². The van der Waals surface area contributed by atoms with Gasteiger partial charge in [-0.3, -0.25) is 14.8 Å². The number of rotatable bonds is 7. The van der Waals surface area contributed by atoms with Gasteiger partial charge >= 0.3 is 0 Å². The Morgan fingerprint density at radius 2 is 1.81 bits per heavy atom. The molecule has 0 aliphatic carbocycles. The van der Waals surface area contributed by atoms with Crippen LogP contribution in [0.1, 0.15) is 46.5 Å². The van der Waals surface area contributed by atoms with Crippen molar-refractivity contribution in [3.63, 3.8) is 0 Å². The lowest BCUT2D eigenvalue weighted by Crippen LogP contribution is -2.23. The van der Waals surface area contributed by atoms with Crippen molar-refractivity contribution < 1.29 is 4.79 Å². The van der Waals surface area contributed by atoms with Crippen molar-refractivity contribution in [3.05, 3.63) is 83.2 Å². The van der Waals surface area contributed by atoms with Crippen molar-refractivity contribution in [3.8, 4) is 16.8 Å². The lowest BCUT2D eigenvalue weighted by molar-refractivity contribution is 0.0950. The van der Waals surface area contributed by atoms with Crippen LogP contribution in [0.15, 0.2) is 54.9 Å². The molecule has 8 nitrogen and oxygen atoms in total. The summed E-state index contributed by atoms with van der Waals surface area (Å²) in [6.07, 6.45) is 5.02. The summed E-state index contributed by atoms with van der Waals surface area (Å²) in [6, 6.07) is 13.9. The number of tetrazole rings is 1. The van der Waals surface area contributed by atoms with Crippen molar-refractivity contribution >= 4 is 5.91 Å². The van der Waals surface area contributed by atoms with Crippen LogP contribution < -0.4 is 5.32 Å². The number of amides is 1. The summed E-state index contributed by atoms with van der Waals surface area (Å²) in [5.41, 5.74) is 5.91. The first kappa shape index (κ1) is 21.3. The van der Waals surface area contributed by atoms with Gasteiger partial charge in [0.05, 0.1) is 29.8 Å². The molecule has 1 N–H and O–H groups in total. The average molecular weight is 428 g/mol. The van der Waals surface area contributed by atoms with Gasteiger partial charge in [0.25, 0.3) is 5.91 Å². The summed E-state index contributed by atoms with van der Waals surface area (Å²) >= 11 is 0. The molecule has 4 aromatic rings. The summed E-state index contributed by atoms with van der Waals surface area (Å²) in [5.74, 6) is 0.558. The van der Waals surface area contributed by atoms with Crippen molar-refractivity contribution in [1.29, 1.82) is 0 Å². The molecule has 162 valence electrons. The predicted molar refractivity (Wildman–Crippen MR) is 121 cm³/mol. The second-order valence-electron chi connectivity index (χ2n) is 7.72. The average Bonchev–Trinajstić information content (AvgIpc) is 3.27. The van der Waals surface area contributed by atoms with Crippen molar-refractivity contribution in [1.82, 2.24) is 35.5 Å². The van der Waals surface area contributed by atoms with Crippen LogP contribution in [0.5, 0.6) is 0 Å². The number of aromatic nitrogens is 6. The van der Waals surface area contributed by atoms with Crippen LogP contribution in [0.4, 0.5) is 0 Å². The molecule has 2 aromatic heterocycles. The molecule has 32 heavy (non-hydrogen) atoms. The van der Waals surface area contributed by atoms with Gasteiger partial charge in [-0.05, 0) is 60.0 Å². The van der Waals surface area contributed by atoms with E-state index in [1.54, 1.807) is 17.1 Å². The molecule has 8 heteroatoms. The molecule has 2 aromatic carbocycles. The number of nitrogens with zero attached hydrogens (tertiary/aromatic N) is 6. The molecule has 2 heterocycles. The normalized spacial score (nSPS) is 10.8. The van der Waals surface area contributed by atoms with Crippen LogP contribution in [0, 0.1) is 13.8 Å². The Labute approximate surface area is 186 Å². The first-order valence-electron chi connectivity index (χ1n) is 10.6. The zero-order valence-electron chi connectivity index (χ0n) is 18.4. The SMILES string of the molecule is CCCc1nnnn1-c1cc(C(=O)NCc2cnc(C)cn2)cc(-c2ccc(C)cc2)c1. The maximum absolute atomic E-state index is 13.0. The summed E-state index contributed by atoms with van der Waals surface area (Å²) < 4.78 is 1.70. The maximum atomic E-state index is 13.0. The fourth-order valence-corrected chi connectivity index (χ4v) is 3.35. The molecule has 4 rings (SSSR count). The Morgan fingerprint density at radius 3 is 2.53 bits per heavy atom. The van der Waals surface area contributed by atoms with E-state index >= 15 is 0 Å². The third-order valence-electron chi connectivity index (χ3n) is 5.08. The van der Waals surface area contributed by atoms with Gasteiger partial charge in [-0.2, -0.15) is 4.68 Å². The molecule has 0 saturated heterocycles. The highest BCUT2D eigenvalue weighted by Gasteiger charge is 2.14. The van der Waals surface area contributed by atoms with E-state index in [9.17, 15) is 4.79 Å². The fraction of sp³-hybridized carbons (Fsp3) is 0.250. The molecule has 0 atom stereocenters. The number of hydrogen-bond donors (Lipinski definition) is 1. The molecular formula is C24H25N7O. The van der Waals surface area contributed by atoms with Crippen LogP contribution >= 0.6 is 0 Å². The standard InChI is InChI=1S/C24H25N7O/c1-4-5-23-28-29-30-31(23)22-11-19(18-8-6-16(2)7-9-18)10-20(12-22)24(32)27-15-21-14-25-17(3)13-26-21/h6-14H,4-5,15H2,1-3H3,(H,27,32). The quantitative estimate of drug-likeness (QED) is 0.484. The topological polar surface area (TPSA) is 98.5 Å². The van der Waals surface area contributed by atoms with Gasteiger partial charge in [-0.1, -0.05) is 36.8 Å². The van der Waals surface area contributed by atoms with Gasteiger partial charge in [-0.15, -0.1) is 5.10 Å². The molecule has 1 amide bonds. The van der Waals surface area contributed by atoms with Crippen molar-refractivity contribution in [2.75, 3.05) is 0 Å². The largest absolute Gasteiger partial charge is 0.346 e. The second-order valence-corrected chi connectivity index (χ2v) is 7.72. The number of benzene rings is 2. The highest BCUT2D eigenvalue weighted by atomic mass is 16.1. The lowest BCUT2D eigenvalue weighted by Gasteiger charge is -2.12. The Balaban J connectivity index is 1.69. The Hall–Kier alpha value is -3.94. The molecule has 0 aliphatic rings. The van der Waals surface area contributed by atoms with Crippen LogP contribution in [0.3, 0.4) is 0 Å². The van der Waals surface area contributed by atoms with Crippen LogP contribution in [0.25, 0.3) is 16.8 Å². The van der Waals surface area contributed by atoms with Crippen molar-refractivity contribution in [2.24, 2.45) is 0 Å². The van der Waals surface area contributed by atoms with Gasteiger partial charge < -0.3 is 5.32 Å². The monoisotopic (exact) mass is 427 g/mol. The van der Waals surface area contributed by atoms with Gasteiger partial charge in [0.2, 0.25) is 0 Å². The molecule has 0 unspecified atom stereocenters. The van der Waals surface area contributed by atoms with E-state index in [1.165, 1.54) is 5.56 Å². The lowest BCUT2D eigenvalue weighted by atomic mass is 10.0. The van der Waals surface area contributed by atoms with Gasteiger partial charge in [0.15, 0.2) is 5.82 Å². The Kier molecular flexibility index (Phi) is 6.30. The van der Waals surface area contributed by atoms with Gasteiger partial charge in [0, 0.05) is 18.2 Å². The molecule has 0 fully saturated rings. The van der Waals surface area contributed by atoms with Crippen LogP contribution in [0.2, 0.25) is 0 Å². The van der Waals surface area contributed by atoms with Crippen LogP contribution in [-0.2, 0) is 13.0 Å². The van der Waals surface area contributed by atoms with E-state index in [2.05, 4.69) is 49.9 Å².